The molecule has 3 aromatic heterocycles. The van der Waals surface area contributed by atoms with Crippen molar-refractivity contribution in [2.24, 2.45) is 0 Å². The van der Waals surface area contributed by atoms with E-state index in [1.54, 1.807) is 18.3 Å². The Hall–Kier alpha value is -3.78. The Balaban J connectivity index is 1.97. The molecule has 0 aromatic carbocycles. The summed E-state index contributed by atoms with van der Waals surface area (Å²) in [6, 6.07) is 5.18. The number of nitriles is 1. The molecule has 0 fully saturated rings. The monoisotopic (exact) mass is 440 g/mol. The van der Waals surface area contributed by atoms with Gasteiger partial charge in [-0.2, -0.15) is 15.0 Å². The van der Waals surface area contributed by atoms with E-state index in [0.717, 1.165) is 0 Å². The predicted octanol–water partition coefficient (Wildman–Crippen LogP) is 1.93. The second-order valence-corrected chi connectivity index (χ2v) is 8.22. The summed E-state index contributed by atoms with van der Waals surface area (Å²) >= 11 is 0. The number of amides is 1. The molecular weight excluding hydrogens is 415 g/mol. The van der Waals surface area contributed by atoms with Gasteiger partial charge in [-0.3, -0.25) is 4.79 Å². The summed E-state index contributed by atoms with van der Waals surface area (Å²) < 4.78 is 15.5. The molecule has 32 heavy (non-hydrogen) atoms. The summed E-state index contributed by atoms with van der Waals surface area (Å²) in [6.07, 6.45) is 1.26. The number of anilines is 2. The van der Waals surface area contributed by atoms with Gasteiger partial charge in [-0.25, -0.2) is 14.4 Å². The standard InChI is InChI=1S/C21H25FN8O2/c1-11(2)28-15-6-17(25-9-14(15)20(31)26-10-16(22)21(3,4)32)30-19-13(8-27-30)5-12(7-23)18(24)29-19/h5-6,8-9,11,16,32H,10H2,1-4H3,(H2,24,29)(H,25,28)(H,26,31)/t16-/m1/s1. The van der Waals surface area contributed by atoms with Gasteiger partial charge in [0, 0.05) is 23.7 Å². The van der Waals surface area contributed by atoms with Gasteiger partial charge in [0.2, 0.25) is 0 Å². The van der Waals surface area contributed by atoms with Crippen LogP contribution in [0.5, 0.6) is 0 Å². The van der Waals surface area contributed by atoms with Gasteiger partial charge >= 0.3 is 0 Å². The maximum absolute atomic E-state index is 14.0. The number of fused-ring (bicyclic) bond motifs is 1. The van der Waals surface area contributed by atoms with E-state index < -0.39 is 17.7 Å². The van der Waals surface area contributed by atoms with Crippen LogP contribution in [0.2, 0.25) is 0 Å². The molecule has 0 saturated heterocycles. The SMILES string of the molecule is CC(C)Nc1cc(-n2ncc3cc(C#N)c(N)nc32)ncc1C(=O)NC[C@@H](F)C(C)(C)O. The summed E-state index contributed by atoms with van der Waals surface area (Å²) in [5.41, 5.74) is 5.60. The van der Waals surface area contributed by atoms with E-state index in [9.17, 15) is 14.3 Å². The number of nitrogen functional groups attached to an aromatic ring is 1. The fourth-order valence-corrected chi connectivity index (χ4v) is 2.93. The highest BCUT2D eigenvalue weighted by Crippen LogP contribution is 2.24. The minimum Gasteiger partial charge on any atom is -0.387 e. The number of nitrogens with zero attached hydrogens (tertiary/aromatic N) is 5. The summed E-state index contributed by atoms with van der Waals surface area (Å²) in [5.74, 6) is -0.0903. The number of halogens is 1. The highest BCUT2D eigenvalue weighted by atomic mass is 19.1. The Morgan fingerprint density at radius 1 is 1.38 bits per heavy atom. The second-order valence-electron chi connectivity index (χ2n) is 8.22. The first-order valence-corrected chi connectivity index (χ1v) is 9.97. The zero-order valence-corrected chi connectivity index (χ0v) is 18.2. The highest BCUT2D eigenvalue weighted by molar-refractivity contribution is 5.99. The van der Waals surface area contributed by atoms with E-state index in [4.69, 9.17) is 11.0 Å². The maximum atomic E-state index is 14.0. The number of pyridine rings is 2. The Labute approximate surface area is 184 Å². The zero-order chi connectivity index (χ0) is 23.6. The maximum Gasteiger partial charge on any atom is 0.255 e. The smallest absolute Gasteiger partial charge is 0.255 e. The van der Waals surface area contributed by atoms with Gasteiger partial charge in [0.05, 0.1) is 35.2 Å². The highest BCUT2D eigenvalue weighted by Gasteiger charge is 2.27. The largest absolute Gasteiger partial charge is 0.387 e. The molecule has 0 spiro atoms. The van der Waals surface area contributed by atoms with Crippen LogP contribution >= 0.6 is 0 Å². The normalized spacial score (nSPS) is 12.6. The predicted molar refractivity (Wildman–Crippen MR) is 118 cm³/mol. The molecule has 0 bridgehead atoms. The van der Waals surface area contributed by atoms with Crippen LogP contribution in [0.25, 0.3) is 16.9 Å². The molecular formula is C21H25FN8O2. The fraction of sp³-hybridized carbons (Fsp3) is 0.381. The van der Waals surface area contributed by atoms with Crippen LogP contribution in [-0.2, 0) is 0 Å². The molecule has 1 atom stereocenters. The lowest BCUT2D eigenvalue weighted by molar-refractivity contribution is -0.00177. The molecule has 0 unspecified atom stereocenters. The van der Waals surface area contributed by atoms with Crippen molar-refractivity contribution in [3.63, 3.8) is 0 Å². The molecule has 3 heterocycles. The minimum atomic E-state index is -1.63. The molecule has 11 heteroatoms. The minimum absolute atomic E-state index is 0.0107. The van der Waals surface area contributed by atoms with E-state index >= 15 is 0 Å². The first-order valence-electron chi connectivity index (χ1n) is 9.97. The van der Waals surface area contributed by atoms with Crippen molar-refractivity contribution in [3.8, 4) is 11.9 Å². The van der Waals surface area contributed by atoms with Gasteiger partial charge in [-0.05, 0) is 33.8 Å². The third-order valence-corrected chi connectivity index (χ3v) is 4.70. The summed E-state index contributed by atoms with van der Waals surface area (Å²) in [6.45, 7) is 6.13. The van der Waals surface area contributed by atoms with Crippen molar-refractivity contribution < 1.29 is 14.3 Å². The number of aromatic nitrogens is 4. The van der Waals surface area contributed by atoms with E-state index in [1.807, 2.05) is 19.9 Å². The number of alkyl halides is 1. The quantitative estimate of drug-likeness (QED) is 0.434. The van der Waals surface area contributed by atoms with Crippen molar-refractivity contribution in [3.05, 3.63) is 35.7 Å². The van der Waals surface area contributed by atoms with Gasteiger partial charge in [-0.1, -0.05) is 0 Å². The van der Waals surface area contributed by atoms with E-state index in [2.05, 4.69) is 25.7 Å². The van der Waals surface area contributed by atoms with Crippen LogP contribution in [0.4, 0.5) is 15.9 Å². The molecule has 0 aliphatic heterocycles. The van der Waals surface area contributed by atoms with Gasteiger partial charge in [0.1, 0.15) is 18.1 Å². The molecule has 0 saturated carbocycles. The Morgan fingerprint density at radius 3 is 2.72 bits per heavy atom. The molecule has 168 valence electrons. The molecule has 1 amide bonds. The molecule has 3 rings (SSSR count). The van der Waals surface area contributed by atoms with Crippen LogP contribution in [0.1, 0.15) is 43.6 Å². The van der Waals surface area contributed by atoms with Gasteiger partial charge in [-0.15, -0.1) is 0 Å². The molecule has 3 aromatic rings. The molecule has 10 nitrogen and oxygen atoms in total. The van der Waals surface area contributed by atoms with E-state index in [-0.39, 0.29) is 29.5 Å². The van der Waals surface area contributed by atoms with Gasteiger partial charge < -0.3 is 21.5 Å². The number of carbonyl (C=O) groups excluding carboxylic acids is 1. The van der Waals surface area contributed by atoms with Crippen LogP contribution in [-0.4, -0.2) is 55.1 Å². The first kappa shape index (κ1) is 22.9. The van der Waals surface area contributed by atoms with Crippen molar-refractivity contribution >= 4 is 28.4 Å². The molecule has 5 N–H and O–H groups in total. The summed E-state index contributed by atoms with van der Waals surface area (Å²) in [5, 5.41) is 29.4. The fourth-order valence-electron chi connectivity index (χ4n) is 2.93. The average molecular weight is 440 g/mol. The van der Waals surface area contributed by atoms with Crippen molar-refractivity contribution in [1.29, 1.82) is 5.26 Å². The number of nitrogens with one attached hydrogen (secondary N) is 2. The second kappa shape index (κ2) is 8.76. The van der Waals surface area contributed by atoms with Crippen LogP contribution in [0.15, 0.2) is 24.5 Å². The van der Waals surface area contributed by atoms with Crippen molar-refractivity contribution in [2.45, 2.75) is 45.5 Å². The van der Waals surface area contributed by atoms with Crippen molar-refractivity contribution in [1.82, 2.24) is 25.1 Å². The number of hydrogen-bond acceptors (Lipinski definition) is 8. The van der Waals surface area contributed by atoms with Crippen molar-refractivity contribution in [2.75, 3.05) is 17.6 Å². The average Bonchev–Trinajstić information content (AvgIpc) is 3.12. The lowest BCUT2D eigenvalue weighted by Crippen LogP contribution is -2.42. The Bertz CT molecular complexity index is 1190. The number of carbonyl (C=O) groups is 1. The van der Waals surface area contributed by atoms with Crippen LogP contribution < -0.4 is 16.4 Å². The van der Waals surface area contributed by atoms with Gasteiger partial charge in [0.15, 0.2) is 11.5 Å². The van der Waals surface area contributed by atoms with Gasteiger partial charge in [0.25, 0.3) is 5.91 Å². The molecule has 0 aliphatic rings. The number of hydrogen-bond donors (Lipinski definition) is 4. The van der Waals surface area contributed by atoms with E-state index in [0.29, 0.717) is 22.5 Å². The lowest BCUT2D eigenvalue weighted by Gasteiger charge is -2.23. The Morgan fingerprint density at radius 2 is 2.09 bits per heavy atom. The Kier molecular flexibility index (Phi) is 6.27. The topological polar surface area (TPSA) is 155 Å². The zero-order valence-electron chi connectivity index (χ0n) is 18.2. The third kappa shape index (κ3) is 4.76. The van der Waals surface area contributed by atoms with E-state index in [1.165, 1.54) is 24.7 Å². The number of rotatable bonds is 7. The number of nitrogens with two attached hydrogens (primary N) is 1. The lowest BCUT2D eigenvalue weighted by atomic mass is 10.0. The van der Waals surface area contributed by atoms with Crippen LogP contribution in [0, 0.1) is 11.3 Å². The molecule has 0 aliphatic carbocycles. The summed E-state index contributed by atoms with van der Waals surface area (Å²) in [7, 11) is 0. The summed E-state index contributed by atoms with van der Waals surface area (Å²) in [4.78, 5) is 21.3. The first-order chi connectivity index (χ1) is 15.0. The van der Waals surface area contributed by atoms with Crippen LogP contribution in [0.3, 0.4) is 0 Å². The number of aliphatic hydroxyl groups is 1. The third-order valence-electron chi connectivity index (χ3n) is 4.70. The molecule has 0 radical (unpaired) electrons.